The zero-order valence-electron chi connectivity index (χ0n) is 13.7. The smallest absolute Gasteiger partial charge is 0.228 e. The number of carbonyl (C=O) groups is 2. The number of hydrogen-bond acceptors (Lipinski definition) is 4. The molecule has 1 aliphatic rings. The number of anilines is 1. The van der Waals surface area contributed by atoms with E-state index in [-0.39, 0.29) is 16.3 Å². The minimum atomic E-state index is 0.0216. The standard InChI is InChI=1S/C19H19NO3S/c1-13(21)24-16-11-19(22)20(12-16)18-9-4-3-8-17(18)14-6-5-7-15(10-14)23-2/h3-10,16H,11-12H2,1-2H3. The second-order valence-electron chi connectivity index (χ2n) is 5.69. The lowest BCUT2D eigenvalue weighted by Gasteiger charge is -2.20. The topological polar surface area (TPSA) is 46.6 Å². The summed E-state index contributed by atoms with van der Waals surface area (Å²) in [6.45, 7) is 2.10. The van der Waals surface area contributed by atoms with Crippen LogP contribution in [0.25, 0.3) is 11.1 Å². The van der Waals surface area contributed by atoms with E-state index in [1.165, 1.54) is 11.8 Å². The van der Waals surface area contributed by atoms with Gasteiger partial charge in [0, 0.05) is 30.7 Å². The van der Waals surface area contributed by atoms with Crippen molar-refractivity contribution in [2.45, 2.75) is 18.6 Å². The molecule has 0 saturated carbocycles. The largest absolute Gasteiger partial charge is 0.497 e. The van der Waals surface area contributed by atoms with Crippen molar-refractivity contribution in [3.8, 4) is 16.9 Å². The molecule has 1 unspecified atom stereocenters. The molecule has 3 rings (SSSR count). The van der Waals surface area contributed by atoms with Gasteiger partial charge in [0.15, 0.2) is 5.12 Å². The average Bonchev–Trinajstić information content (AvgIpc) is 2.94. The van der Waals surface area contributed by atoms with Crippen LogP contribution in [0.4, 0.5) is 5.69 Å². The van der Waals surface area contributed by atoms with Gasteiger partial charge in [0.25, 0.3) is 0 Å². The number of thioether (sulfide) groups is 1. The predicted octanol–water partition coefficient (Wildman–Crippen LogP) is 3.75. The van der Waals surface area contributed by atoms with Crippen LogP contribution in [-0.4, -0.2) is 29.9 Å². The Kier molecular flexibility index (Phi) is 4.90. The second kappa shape index (κ2) is 7.09. The van der Waals surface area contributed by atoms with Crippen molar-refractivity contribution in [3.05, 3.63) is 48.5 Å². The molecule has 5 heteroatoms. The number of hydrogen-bond donors (Lipinski definition) is 0. The SMILES string of the molecule is COc1cccc(-c2ccccc2N2CC(SC(C)=O)CC2=O)c1. The van der Waals surface area contributed by atoms with Gasteiger partial charge in [-0.05, 0) is 23.8 Å². The molecule has 0 aliphatic carbocycles. The highest BCUT2D eigenvalue weighted by atomic mass is 32.2. The van der Waals surface area contributed by atoms with Crippen LogP contribution >= 0.6 is 11.8 Å². The molecule has 0 spiro atoms. The molecular weight excluding hydrogens is 322 g/mol. The number of carbonyl (C=O) groups excluding carboxylic acids is 2. The van der Waals surface area contributed by atoms with E-state index in [2.05, 4.69) is 0 Å². The first kappa shape index (κ1) is 16.6. The molecule has 1 fully saturated rings. The van der Waals surface area contributed by atoms with Crippen molar-refractivity contribution in [3.63, 3.8) is 0 Å². The number of para-hydroxylation sites is 1. The normalized spacial score (nSPS) is 17.2. The van der Waals surface area contributed by atoms with E-state index in [1.807, 2.05) is 48.5 Å². The Morgan fingerprint density at radius 3 is 2.75 bits per heavy atom. The molecule has 24 heavy (non-hydrogen) atoms. The van der Waals surface area contributed by atoms with Gasteiger partial charge in [-0.15, -0.1) is 0 Å². The quantitative estimate of drug-likeness (QED) is 0.850. The highest BCUT2D eigenvalue weighted by molar-refractivity contribution is 8.14. The summed E-state index contributed by atoms with van der Waals surface area (Å²) in [4.78, 5) is 25.6. The third-order valence-corrected chi connectivity index (χ3v) is 4.98. The third-order valence-electron chi connectivity index (χ3n) is 4.00. The summed E-state index contributed by atoms with van der Waals surface area (Å²) < 4.78 is 5.30. The number of methoxy groups -OCH3 is 1. The van der Waals surface area contributed by atoms with Crippen LogP contribution in [-0.2, 0) is 9.59 Å². The lowest BCUT2D eigenvalue weighted by atomic mass is 10.0. The number of benzene rings is 2. The predicted molar refractivity (Wildman–Crippen MR) is 97.5 cm³/mol. The summed E-state index contributed by atoms with van der Waals surface area (Å²) in [5.41, 5.74) is 2.86. The third kappa shape index (κ3) is 3.46. The van der Waals surface area contributed by atoms with Gasteiger partial charge in [0.2, 0.25) is 5.91 Å². The first-order valence-electron chi connectivity index (χ1n) is 7.79. The van der Waals surface area contributed by atoms with E-state index < -0.39 is 0 Å². The number of rotatable bonds is 4. The molecule has 0 aromatic heterocycles. The Morgan fingerprint density at radius 1 is 1.21 bits per heavy atom. The van der Waals surface area contributed by atoms with Crippen LogP contribution in [0.5, 0.6) is 5.75 Å². The fraction of sp³-hybridized carbons (Fsp3) is 0.263. The fourth-order valence-electron chi connectivity index (χ4n) is 2.97. The number of amides is 1. The lowest BCUT2D eigenvalue weighted by molar-refractivity contribution is -0.117. The summed E-state index contributed by atoms with van der Waals surface area (Å²) in [6, 6.07) is 15.6. The Morgan fingerprint density at radius 2 is 2.00 bits per heavy atom. The van der Waals surface area contributed by atoms with Crippen molar-refractivity contribution < 1.29 is 14.3 Å². The number of ether oxygens (including phenoxy) is 1. The monoisotopic (exact) mass is 341 g/mol. The molecule has 1 aliphatic heterocycles. The maximum atomic E-state index is 12.4. The van der Waals surface area contributed by atoms with Gasteiger partial charge in [0.05, 0.1) is 12.8 Å². The van der Waals surface area contributed by atoms with E-state index in [4.69, 9.17) is 4.74 Å². The molecule has 1 saturated heterocycles. The molecule has 1 heterocycles. The van der Waals surface area contributed by atoms with Gasteiger partial charge < -0.3 is 9.64 Å². The van der Waals surface area contributed by atoms with Crippen molar-refractivity contribution in [1.82, 2.24) is 0 Å². The molecule has 4 nitrogen and oxygen atoms in total. The molecule has 0 bridgehead atoms. The van der Waals surface area contributed by atoms with Crippen LogP contribution in [0, 0.1) is 0 Å². The fourth-order valence-corrected chi connectivity index (χ4v) is 3.88. The molecule has 0 radical (unpaired) electrons. The van der Waals surface area contributed by atoms with Gasteiger partial charge >= 0.3 is 0 Å². The van der Waals surface area contributed by atoms with E-state index in [1.54, 1.807) is 18.9 Å². The first-order chi connectivity index (χ1) is 11.6. The summed E-state index contributed by atoms with van der Waals surface area (Å²) in [5.74, 6) is 0.837. The average molecular weight is 341 g/mol. The highest BCUT2D eigenvalue weighted by Crippen LogP contribution is 2.36. The van der Waals surface area contributed by atoms with E-state index in [9.17, 15) is 9.59 Å². The Hall–Kier alpha value is -2.27. The van der Waals surface area contributed by atoms with Gasteiger partial charge in [-0.25, -0.2) is 0 Å². The first-order valence-corrected chi connectivity index (χ1v) is 8.67. The van der Waals surface area contributed by atoms with Crippen molar-refractivity contribution in [2.75, 3.05) is 18.6 Å². The van der Waals surface area contributed by atoms with Crippen LogP contribution < -0.4 is 9.64 Å². The van der Waals surface area contributed by atoms with Crippen LogP contribution in [0.3, 0.4) is 0 Å². The van der Waals surface area contributed by atoms with Gasteiger partial charge in [-0.3, -0.25) is 9.59 Å². The molecular formula is C19H19NO3S. The zero-order valence-corrected chi connectivity index (χ0v) is 14.5. The van der Waals surface area contributed by atoms with Crippen LogP contribution in [0.15, 0.2) is 48.5 Å². The maximum Gasteiger partial charge on any atom is 0.228 e. The minimum absolute atomic E-state index is 0.0216. The summed E-state index contributed by atoms with van der Waals surface area (Å²) in [7, 11) is 1.64. The van der Waals surface area contributed by atoms with E-state index in [0.29, 0.717) is 13.0 Å². The molecule has 124 valence electrons. The number of nitrogens with zero attached hydrogens (tertiary/aromatic N) is 1. The second-order valence-corrected chi connectivity index (χ2v) is 7.17. The molecule has 2 aromatic carbocycles. The maximum absolute atomic E-state index is 12.4. The van der Waals surface area contributed by atoms with Crippen molar-refractivity contribution in [1.29, 1.82) is 0 Å². The molecule has 1 atom stereocenters. The lowest BCUT2D eigenvalue weighted by Crippen LogP contribution is -2.25. The molecule has 1 amide bonds. The minimum Gasteiger partial charge on any atom is -0.497 e. The van der Waals surface area contributed by atoms with Crippen molar-refractivity contribution in [2.24, 2.45) is 0 Å². The van der Waals surface area contributed by atoms with Gasteiger partial charge in [0.1, 0.15) is 5.75 Å². The van der Waals surface area contributed by atoms with E-state index >= 15 is 0 Å². The summed E-state index contributed by atoms with van der Waals surface area (Å²) in [5, 5.41) is 0.0732. The van der Waals surface area contributed by atoms with Crippen molar-refractivity contribution >= 4 is 28.5 Å². The Bertz CT molecular complexity index is 775. The van der Waals surface area contributed by atoms with E-state index in [0.717, 1.165) is 22.6 Å². The zero-order chi connectivity index (χ0) is 17.1. The highest BCUT2D eigenvalue weighted by Gasteiger charge is 2.33. The summed E-state index contributed by atoms with van der Waals surface area (Å²) in [6.07, 6.45) is 0.399. The Balaban J connectivity index is 1.95. The Labute approximate surface area is 145 Å². The molecule has 0 N–H and O–H groups in total. The van der Waals surface area contributed by atoms with Crippen LogP contribution in [0.1, 0.15) is 13.3 Å². The van der Waals surface area contributed by atoms with Gasteiger partial charge in [-0.2, -0.15) is 0 Å². The van der Waals surface area contributed by atoms with Gasteiger partial charge in [-0.1, -0.05) is 42.1 Å². The summed E-state index contributed by atoms with van der Waals surface area (Å²) >= 11 is 1.25. The van der Waals surface area contributed by atoms with Crippen LogP contribution in [0.2, 0.25) is 0 Å². The molecule has 2 aromatic rings.